The lowest BCUT2D eigenvalue weighted by molar-refractivity contribution is -0.122. The summed E-state index contributed by atoms with van der Waals surface area (Å²) >= 11 is 0. The van der Waals surface area contributed by atoms with Gasteiger partial charge in [0.25, 0.3) is 0 Å². The highest BCUT2D eigenvalue weighted by Gasteiger charge is 2.17. The van der Waals surface area contributed by atoms with E-state index in [9.17, 15) is 4.79 Å². The van der Waals surface area contributed by atoms with Gasteiger partial charge in [0, 0.05) is 24.7 Å². The molecule has 3 heterocycles. The molecule has 0 aromatic carbocycles. The number of carbonyl (C=O) groups excluding carboxylic acids is 1. The SMILES string of the molecule is Cc1cc(CNC(=O)Cn2ccc([C@H]3CCCNC3)n2)on1. The Kier molecular flexibility index (Phi) is 4.53. The monoisotopic (exact) mass is 303 g/mol. The highest BCUT2D eigenvalue weighted by molar-refractivity contribution is 5.75. The van der Waals surface area contributed by atoms with Crippen molar-refractivity contribution in [3.8, 4) is 0 Å². The molecular weight excluding hydrogens is 282 g/mol. The van der Waals surface area contributed by atoms with E-state index in [2.05, 4.69) is 20.9 Å². The first kappa shape index (κ1) is 14.8. The summed E-state index contributed by atoms with van der Waals surface area (Å²) in [5.41, 5.74) is 1.87. The van der Waals surface area contributed by atoms with Crippen LogP contribution in [0.25, 0.3) is 0 Å². The molecule has 3 rings (SSSR count). The maximum Gasteiger partial charge on any atom is 0.242 e. The van der Waals surface area contributed by atoms with Crippen LogP contribution in [-0.2, 0) is 17.9 Å². The average molecular weight is 303 g/mol. The standard InChI is InChI=1S/C15H21N5O2/c1-11-7-13(22-19-11)9-17-15(21)10-20-6-4-14(18-20)12-3-2-5-16-8-12/h4,6-7,12,16H,2-3,5,8-10H2,1H3,(H,17,21)/t12-/m0/s1. The summed E-state index contributed by atoms with van der Waals surface area (Å²) in [6, 6.07) is 3.81. The van der Waals surface area contributed by atoms with Crippen LogP contribution >= 0.6 is 0 Å². The van der Waals surface area contributed by atoms with Crippen LogP contribution in [0.3, 0.4) is 0 Å². The highest BCUT2D eigenvalue weighted by atomic mass is 16.5. The van der Waals surface area contributed by atoms with Crippen LogP contribution in [0.5, 0.6) is 0 Å². The Morgan fingerprint density at radius 3 is 3.23 bits per heavy atom. The van der Waals surface area contributed by atoms with Crippen LogP contribution in [0.1, 0.15) is 35.9 Å². The van der Waals surface area contributed by atoms with Crippen LogP contribution in [0.4, 0.5) is 0 Å². The molecule has 1 atom stereocenters. The second kappa shape index (κ2) is 6.74. The predicted octanol–water partition coefficient (Wildman–Crippen LogP) is 0.963. The van der Waals surface area contributed by atoms with Gasteiger partial charge in [-0.1, -0.05) is 5.16 Å². The fraction of sp³-hybridized carbons (Fsp3) is 0.533. The van der Waals surface area contributed by atoms with Gasteiger partial charge in [-0.2, -0.15) is 5.10 Å². The maximum atomic E-state index is 11.9. The number of piperidine rings is 1. The maximum absolute atomic E-state index is 11.9. The number of carbonyl (C=O) groups is 1. The van der Waals surface area contributed by atoms with Crippen LogP contribution in [-0.4, -0.2) is 33.9 Å². The van der Waals surface area contributed by atoms with Crippen molar-refractivity contribution in [3.05, 3.63) is 35.5 Å². The Labute approximate surface area is 129 Å². The molecule has 118 valence electrons. The largest absolute Gasteiger partial charge is 0.359 e. The minimum absolute atomic E-state index is 0.0922. The van der Waals surface area contributed by atoms with Gasteiger partial charge < -0.3 is 15.2 Å². The van der Waals surface area contributed by atoms with E-state index in [0.717, 1.165) is 30.9 Å². The molecule has 7 nitrogen and oxygen atoms in total. The molecule has 2 aromatic heterocycles. The molecular formula is C15H21N5O2. The van der Waals surface area contributed by atoms with Gasteiger partial charge in [-0.15, -0.1) is 0 Å². The van der Waals surface area contributed by atoms with Crippen LogP contribution < -0.4 is 10.6 Å². The minimum atomic E-state index is -0.0922. The summed E-state index contributed by atoms with van der Waals surface area (Å²) in [4.78, 5) is 11.9. The fourth-order valence-corrected chi connectivity index (χ4v) is 2.68. The van der Waals surface area contributed by atoms with Crippen molar-refractivity contribution in [2.24, 2.45) is 0 Å². The van der Waals surface area contributed by atoms with Gasteiger partial charge in [-0.25, -0.2) is 0 Å². The third-order valence-corrected chi connectivity index (χ3v) is 3.82. The molecule has 1 amide bonds. The number of nitrogens with one attached hydrogen (secondary N) is 2. The van der Waals surface area contributed by atoms with Gasteiger partial charge >= 0.3 is 0 Å². The molecule has 0 spiro atoms. The predicted molar refractivity (Wildman–Crippen MR) is 80.2 cm³/mol. The van der Waals surface area contributed by atoms with Crippen LogP contribution in [0.2, 0.25) is 0 Å². The van der Waals surface area contributed by atoms with Crippen molar-refractivity contribution < 1.29 is 9.32 Å². The Morgan fingerprint density at radius 2 is 2.50 bits per heavy atom. The zero-order valence-corrected chi connectivity index (χ0v) is 12.7. The first-order valence-corrected chi connectivity index (χ1v) is 7.63. The molecule has 0 bridgehead atoms. The third-order valence-electron chi connectivity index (χ3n) is 3.82. The van der Waals surface area contributed by atoms with Crippen molar-refractivity contribution in [1.29, 1.82) is 0 Å². The summed E-state index contributed by atoms with van der Waals surface area (Å²) in [7, 11) is 0. The van der Waals surface area contributed by atoms with E-state index in [1.807, 2.05) is 25.3 Å². The Bertz CT molecular complexity index is 627. The molecule has 0 unspecified atom stereocenters. The summed E-state index contributed by atoms with van der Waals surface area (Å²) in [6.07, 6.45) is 4.19. The molecule has 0 aliphatic carbocycles. The molecule has 0 saturated carbocycles. The lowest BCUT2D eigenvalue weighted by atomic mass is 9.97. The number of rotatable bonds is 5. The van der Waals surface area contributed by atoms with E-state index in [1.165, 1.54) is 6.42 Å². The van der Waals surface area contributed by atoms with Crippen LogP contribution in [0, 0.1) is 6.92 Å². The van der Waals surface area contributed by atoms with Crippen molar-refractivity contribution in [2.75, 3.05) is 13.1 Å². The highest BCUT2D eigenvalue weighted by Crippen LogP contribution is 2.21. The smallest absolute Gasteiger partial charge is 0.242 e. The topological polar surface area (TPSA) is 85.0 Å². The van der Waals surface area contributed by atoms with Gasteiger partial charge in [0.2, 0.25) is 5.91 Å². The van der Waals surface area contributed by atoms with E-state index in [4.69, 9.17) is 4.52 Å². The normalized spacial score (nSPS) is 18.3. The molecule has 1 fully saturated rings. The van der Waals surface area contributed by atoms with Crippen LogP contribution in [0.15, 0.2) is 22.9 Å². The first-order valence-electron chi connectivity index (χ1n) is 7.63. The van der Waals surface area contributed by atoms with Crippen molar-refractivity contribution in [3.63, 3.8) is 0 Å². The number of hydrogen-bond donors (Lipinski definition) is 2. The molecule has 2 N–H and O–H groups in total. The van der Waals surface area contributed by atoms with Crippen molar-refractivity contribution in [2.45, 2.75) is 38.8 Å². The van der Waals surface area contributed by atoms with Gasteiger partial charge in [0.1, 0.15) is 6.54 Å². The number of hydrogen-bond acceptors (Lipinski definition) is 5. The number of aromatic nitrogens is 3. The summed E-state index contributed by atoms with van der Waals surface area (Å²) in [5, 5.41) is 14.5. The van der Waals surface area contributed by atoms with E-state index in [-0.39, 0.29) is 12.5 Å². The Morgan fingerprint density at radius 1 is 1.59 bits per heavy atom. The van der Waals surface area contributed by atoms with Gasteiger partial charge in [-0.05, 0) is 32.4 Å². The second-order valence-electron chi connectivity index (χ2n) is 5.69. The molecule has 22 heavy (non-hydrogen) atoms. The molecule has 1 saturated heterocycles. The van der Waals surface area contributed by atoms with Gasteiger partial charge in [0.05, 0.1) is 17.9 Å². The fourth-order valence-electron chi connectivity index (χ4n) is 2.68. The third kappa shape index (κ3) is 3.73. The lowest BCUT2D eigenvalue weighted by Gasteiger charge is -2.20. The first-order chi connectivity index (χ1) is 10.7. The van der Waals surface area contributed by atoms with Crippen molar-refractivity contribution in [1.82, 2.24) is 25.6 Å². The lowest BCUT2D eigenvalue weighted by Crippen LogP contribution is -2.29. The van der Waals surface area contributed by atoms with E-state index < -0.39 is 0 Å². The van der Waals surface area contributed by atoms with E-state index >= 15 is 0 Å². The zero-order chi connectivity index (χ0) is 15.4. The second-order valence-corrected chi connectivity index (χ2v) is 5.69. The minimum Gasteiger partial charge on any atom is -0.359 e. The zero-order valence-electron chi connectivity index (χ0n) is 12.7. The molecule has 2 aromatic rings. The number of aryl methyl sites for hydroxylation is 1. The molecule has 1 aliphatic heterocycles. The summed E-state index contributed by atoms with van der Waals surface area (Å²) in [6.45, 7) is 4.46. The number of nitrogens with zero attached hydrogens (tertiary/aromatic N) is 3. The Hall–Kier alpha value is -2.15. The number of amides is 1. The average Bonchev–Trinajstić information content (AvgIpc) is 3.15. The summed E-state index contributed by atoms with van der Waals surface area (Å²) < 4.78 is 6.74. The van der Waals surface area contributed by atoms with E-state index in [0.29, 0.717) is 18.2 Å². The molecule has 1 aliphatic rings. The molecule has 0 radical (unpaired) electrons. The quantitative estimate of drug-likeness (QED) is 0.859. The van der Waals surface area contributed by atoms with Gasteiger partial charge in [-0.3, -0.25) is 9.48 Å². The summed E-state index contributed by atoms with van der Waals surface area (Å²) in [5.74, 6) is 1.01. The molecule has 7 heteroatoms. The van der Waals surface area contributed by atoms with E-state index in [1.54, 1.807) is 4.68 Å². The van der Waals surface area contributed by atoms with Crippen molar-refractivity contribution >= 4 is 5.91 Å². The Balaban J connectivity index is 1.50. The van der Waals surface area contributed by atoms with Gasteiger partial charge in [0.15, 0.2) is 5.76 Å².